The van der Waals surface area contributed by atoms with Gasteiger partial charge in [-0.2, -0.15) is 0 Å². The quantitative estimate of drug-likeness (QED) is 0.480. The van der Waals surface area contributed by atoms with Gasteiger partial charge >= 0.3 is 0 Å². The molecule has 2 aliphatic rings. The molecule has 0 saturated carbocycles. The van der Waals surface area contributed by atoms with Crippen molar-refractivity contribution in [1.29, 1.82) is 0 Å². The highest BCUT2D eigenvalue weighted by Crippen LogP contribution is 2.47. The summed E-state index contributed by atoms with van der Waals surface area (Å²) in [7, 11) is 0. The van der Waals surface area contributed by atoms with Crippen molar-refractivity contribution in [3.8, 4) is 0 Å². The fourth-order valence-corrected chi connectivity index (χ4v) is 3.79. The molecule has 1 aromatic rings. The fraction of sp³-hybridized carbons (Fsp3) is 0.200. The summed E-state index contributed by atoms with van der Waals surface area (Å²) in [5, 5.41) is 0. The van der Waals surface area contributed by atoms with E-state index in [4.69, 9.17) is 0 Å². The van der Waals surface area contributed by atoms with Crippen LogP contribution in [-0.4, -0.2) is 0 Å². The molecule has 2 aliphatic carbocycles. The van der Waals surface area contributed by atoms with Gasteiger partial charge in [-0.15, -0.1) is 0 Å². The second-order valence-corrected chi connectivity index (χ2v) is 5.68. The minimum absolute atomic E-state index is 0.556. The van der Waals surface area contributed by atoms with Crippen molar-refractivity contribution >= 4 is 28.2 Å². The maximum Gasteiger partial charge on any atom is 0.0468 e. The number of rotatable bonds is 0. The minimum atomic E-state index is 0.556. The first-order valence-electron chi connectivity index (χ1n) is 5.58. The van der Waals surface area contributed by atoms with Crippen molar-refractivity contribution in [3.63, 3.8) is 0 Å². The van der Waals surface area contributed by atoms with Gasteiger partial charge in [0, 0.05) is 9.84 Å². The number of fused-ring (bicyclic) bond motifs is 2. The van der Waals surface area contributed by atoms with Crippen molar-refractivity contribution in [2.75, 3.05) is 0 Å². The Hall–Kier alpha value is -0.830. The summed E-state index contributed by atoms with van der Waals surface area (Å²) in [5.74, 6) is 0.556. The van der Waals surface area contributed by atoms with Crippen molar-refractivity contribution in [2.24, 2.45) is 5.92 Å². The Morgan fingerprint density at radius 3 is 2.81 bits per heavy atom. The fourth-order valence-electron chi connectivity index (χ4n) is 2.62. The second-order valence-electron chi connectivity index (χ2n) is 4.34. The standard InChI is InChI=1S/C15H13I/c1-10-11-6-2-4-8-13(11)15(16)14-9-5-3-7-12(10)14/h2-9,13,15H,1H3. The number of allylic oxidation sites excluding steroid dienone is 6. The normalized spacial score (nSPS) is 26.6. The molecule has 1 aromatic carbocycles. The smallest absolute Gasteiger partial charge is 0.0468 e. The molecule has 0 fully saturated rings. The predicted octanol–water partition coefficient (Wildman–Crippen LogP) is 4.69. The second kappa shape index (κ2) is 3.88. The van der Waals surface area contributed by atoms with Gasteiger partial charge in [0.1, 0.15) is 0 Å². The van der Waals surface area contributed by atoms with Gasteiger partial charge in [0.2, 0.25) is 0 Å². The van der Waals surface area contributed by atoms with Crippen LogP contribution in [0.5, 0.6) is 0 Å². The van der Waals surface area contributed by atoms with Crippen LogP contribution >= 0.6 is 22.6 Å². The summed E-state index contributed by atoms with van der Waals surface area (Å²) in [6.07, 6.45) is 8.90. The summed E-state index contributed by atoms with van der Waals surface area (Å²) >= 11 is 2.57. The lowest BCUT2D eigenvalue weighted by atomic mass is 9.77. The van der Waals surface area contributed by atoms with E-state index in [2.05, 4.69) is 78.1 Å². The topological polar surface area (TPSA) is 0 Å². The van der Waals surface area contributed by atoms with Gasteiger partial charge in [-0.25, -0.2) is 0 Å². The molecule has 2 unspecified atom stereocenters. The molecule has 0 aliphatic heterocycles. The lowest BCUT2D eigenvalue weighted by Gasteiger charge is -2.32. The van der Waals surface area contributed by atoms with Crippen LogP contribution < -0.4 is 0 Å². The van der Waals surface area contributed by atoms with Gasteiger partial charge < -0.3 is 0 Å². The SMILES string of the molecule is CC1=C2C=CC=CC2C(I)c2ccccc21. The Balaban J connectivity index is 2.26. The third kappa shape index (κ3) is 1.41. The Bertz CT molecular complexity index is 520. The number of halogens is 1. The Morgan fingerprint density at radius 1 is 1.12 bits per heavy atom. The van der Waals surface area contributed by atoms with Crippen LogP contribution in [0.1, 0.15) is 22.0 Å². The first-order chi connectivity index (χ1) is 7.79. The molecule has 0 bridgehead atoms. The third-order valence-electron chi connectivity index (χ3n) is 3.47. The summed E-state index contributed by atoms with van der Waals surface area (Å²) in [4.78, 5) is 0. The molecule has 0 heterocycles. The van der Waals surface area contributed by atoms with Gasteiger partial charge in [0.05, 0.1) is 0 Å². The van der Waals surface area contributed by atoms with E-state index in [-0.39, 0.29) is 0 Å². The molecule has 0 aromatic heterocycles. The van der Waals surface area contributed by atoms with Gasteiger partial charge in [0.15, 0.2) is 0 Å². The molecule has 0 radical (unpaired) electrons. The first-order valence-corrected chi connectivity index (χ1v) is 6.82. The number of hydrogen-bond acceptors (Lipinski definition) is 0. The minimum Gasteiger partial charge on any atom is -0.0764 e. The van der Waals surface area contributed by atoms with E-state index >= 15 is 0 Å². The van der Waals surface area contributed by atoms with E-state index in [9.17, 15) is 0 Å². The molecule has 0 saturated heterocycles. The van der Waals surface area contributed by atoms with E-state index in [1.54, 1.807) is 0 Å². The van der Waals surface area contributed by atoms with Crippen molar-refractivity contribution in [2.45, 2.75) is 10.8 Å². The highest BCUT2D eigenvalue weighted by atomic mass is 127. The molecule has 0 spiro atoms. The zero-order valence-electron chi connectivity index (χ0n) is 9.15. The molecule has 0 amide bonds. The van der Waals surface area contributed by atoms with Crippen LogP contribution in [0.3, 0.4) is 0 Å². The van der Waals surface area contributed by atoms with Crippen molar-refractivity contribution in [3.05, 3.63) is 65.3 Å². The summed E-state index contributed by atoms with van der Waals surface area (Å²) in [6.45, 7) is 2.24. The zero-order chi connectivity index (χ0) is 11.1. The van der Waals surface area contributed by atoms with Crippen LogP contribution in [0.15, 0.2) is 54.1 Å². The van der Waals surface area contributed by atoms with Gasteiger partial charge in [-0.1, -0.05) is 71.2 Å². The highest BCUT2D eigenvalue weighted by molar-refractivity contribution is 14.1. The zero-order valence-corrected chi connectivity index (χ0v) is 11.3. The lowest BCUT2D eigenvalue weighted by molar-refractivity contribution is 0.757. The number of benzene rings is 1. The summed E-state index contributed by atoms with van der Waals surface area (Å²) < 4.78 is 0.564. The molecular formula is C15H13I. The highest BCUT2D eigenvalue weighted by Gasteiger charge is 2.30. The summed E-state index contributed by atoms with van der Waals surface area (Å²) in [6, 6.07) is 8.78. The van der Waals surface area contributed by atoms with E-state index in [1.807, 2.05) is 0 Å². The van der Waals surface area contributed by atoms with Gasteiger partial charge in [-0.05, 0) is 29.2 Å². The van der Waals surface area contributed by atoms with E-state index in [1.165, 1.54) is 22.3 Å². The average Bonchev–Trinajstić information content (AvgIpc) is 2.36. The van der Waals surface area contributed by atoms with E-state index in [0.29, 0.717) is 9.84 Å². The molecule has 0 nitrogen and oxygen atoms in total. The third-order valence-corrected chi connectivity index (χ3v) is 4.92. The van der Waals surface area contributed by atoms with Crippen LogP contribution in [0.2, 0.25) is 0 Å². The molecular weight excluding hydrogens is 307 g/mol. The van der Waals surface area contributed by atoms with E-state index in [0.717, 1.165) is 0 Å². The largest absolute Gasteiger partial charge is 0.0764 e. The first kappa shape index (κ1) is 10.3. The predicted molar refractivity (Wildman–Crippen MR) is 77.6 cm³/mol. The molecule has 0 N–H and O–H groups in total. The molecule has 1 heteroatoms. The molecule has 2 atom stereocenters. The van der Waals surface area contributed by atoms with Gasteiger partial charge in [0.25, 0.3) is 0 Å². The Labute approximate surface area is 110 Å². The van der Waals surface area contributed by atoms with Crippen LogP contribution in [0.4, 0.5) is 0 Å². The van der Waals surface area contributed by atoms with Gasteiger partial charge in [-0.3, -0.25) is 0 Å². The average molecular weight is 320 g/mol. The van der Waals surface area contributed by atoms with E-state index < -0.39 is 0 Å². The molecule has 16 heavy (non-hydrogen) atoms. The van der Waals surface area contributed by atoms with Crippen LogP contribution in [-0.2, 0) is 0 Å². The maximum absolute atomic E-state index is 2.57. The molecule has 3 rings (SSSR count). The molecule has 80 valence electrons. The van der Waals surface area contributed by atoms with Crippen molar-refractivity contribution < 1.29 is 0 Å². The monoisotopic (exact) mass is 320 g/mol. The summed E-state index contributed by atoms with van der Waals surface area (Å²) in [5.41, 5.74) is 5.83. The van der Waals surface area contributed by atoms with Crippen molar-refractivity contribution in [1.82, 2.24) is 0 Å². The maximum atomic E-state index is 2.57. The Morgan fingerprint density at radius 2 is 1.94 bits per heavy atom. The van der Waals surface area contributed by atoms with Crippen LogP contribution in [0.25, 0.3) is 5.57 Å². The Kier molecular flexibility index (Phi) is 2.51. The lowest BCUT2D eigenvalue weighted by Crippen LogP contribution is -2.16. The number of hydrogen-bond donors (Lipinski definition) is 0. The van der Waals surface area contributed by atoms with Crippen LogP contribution in [0, 0.1) is 5.92 Å². The number of alkyl halides is 1.